The highest BCUT2D eigenvalue weighted by molar-refractivity contribution is 5.02. The van der Waals surface area contributed by atoms with Crippen molar-refractivity contribution < 1.29 is 0 Å². The van der Waals surface area contributed by atoms with Gasteiger partial charge in [0.15, 0.2) is 0 Å². The van der Waals surface area contributed by atoms with Gasteiger partial charge in [0.2, 0.25) is 0 Å². The molecule has 2 rings (SSSR count). The molecule has 1 unspecified atom stereocenters. The first-order valence-electron chi connectivity index (χ1n) is 6.72. The van der Waals surface area contributed by atoms with Crippen molar-refractivity contribution in [2.45, 2.75) is 63.5 Å². The predicted octanol–water partition coefficient (Wildman–Crippen LogP) is 2.39. The number of hydrogen-bond acceptors (Lipinski definition) is 2. The van der Waals surface area contributed by atoms with E-state index in [9.17, 15) is 0 Å². The molecule has 0 bridgehead atoms. The van der Waals surface area contributed by atoms with Crippen LogP contribution in [0.2, 0.25) is 0 Å². The molecule has 1 heterocycles. The number of likely N-dealkylation sites (N-methyl/N-ethyl adjacent to an activating group) is 1. The molecule has 0 aromatic heterocycles. The van der Waals surface area contributed by atoms with Crippen molar-refractivity contribution >= 4 is 0 Å². The van der Waals surface area contributed by atoms with Gasteiger partial charge in [0.05, 0.1) is 0 Å². The van der Waals surface area contributed by atoms with Crippen molar-refractivity contribution in [2.24, 2.45) is 0 Å². The van der Waals surface area contributed by atoms with Crippen LogP contribution in [-0.2, 0) is 0 Å². The molecule has 1 aliphatic heterocycles. The highest BCUT2D eigenvalue weighted by Gasteiger charge is 2.43. The molecule has 15 heavy (non-hydrogen) atoms. The summed E-state index contributed by atoms with van der Waals surface area (Å²) in [7, 11) is 2.12. The zero-order chi connectivity index (χ0) is 10.7. The summed E-state index contributed by atoms with van der Waals surface area (Å²) in [5.41, 5.74) is 0.495. The standard InChI is InChI=1S/C13H26N2/c1-12(14-2)13(8-4-5-9-13)15-10-6-3-7-11-15/h12,14H,3-11H2,1-2H3. The lowest BCUT2D eigenvalue weighted by Gasteiger charge is -2.47. The highest BCUT2D eigenvalue weighted by Crippen LogP contribution is 2.39. The summed E-state index contributed by atoms with van der Waals surface area (Å²) in [4.78, 5) is 2.80. The predicted molar refractivity (Wildman–Crippen MR) is 65.1 cm³/mol. The summed E-state index contributed by atoms with van der Waals surface area (Å²) >= 11 is 0. The van der Waals surface area contributed by atoms with Crippen molar-refractivity contribution in [3.8, 4) is 0 Å². The second-order valence-electron chi connectivity index (χ2n) is 5.37. The molecule has 1 saturated carbocycles. The molecular weight excluding hydrogens is 184 g/mol. The molecule has 2 nitrogen and oxygen atoms in total. The summed E-state index contributed by atoms with van der Waals surface area (Å²) in [6, 6.07) is 0.651. The Hall–Kier alpha value is -0.0800. The van der Waals surface area contributed by atoms with Gasteiger partial charge in [0, 0.05) is 11.6 Å². The normalized spacial score (nSPS) is 29.2. The van der Waals surface area contributed by atoms with Crippen LogP contribution >= 0.6 is 0 Å². The van der Waals surface area contributed by atoms with Crippen LogP contribution < -0.4 is 5.32 Å². The van der Waals surface area contributed by atoms with Crippen LogP contribution in [0.5, 0.6) is 0 Å². The lowest BCUT2D eigenvalue weighted by Crippen LogP contribution is -2.59. The van der Waals surface area contributed by atoms with Gasteiger partial charge in [-0.05, 0) is 52.7 Å². The van der Waals surface area contributed by atoms with E-state index in [-0.39, 0.29) is 0 Å². The first kappa shape index (κ1) is 11.4. The fourth-order valence-corrected chi connectivity index (χ4v) is 3.62. The van der Waals surface area contributed by atoms with Crippen molar-refractivity contribution in [1.82, 2.24) is 10.2 Å². The van der Waals surface area contributed by atoms with Crippen LogP contribution in [-0.4, -0.2) is 36.6 Å². The van der Waals surface area contributed by atoms with Crippen LogP contribution in [0.4, 0.5) is 0 Å². The number of rotatable bonds is 3. The molecular formula is C13H26N2. The van der Waals surface area contributed by atoms with E-state index in [1.54, 1.807) is 0 Å². The SMILES string of the molecule is CNC(C)C1(N2CCCCC2)CCCC1. The minimum absolute atomic E-state index is 0.495. The largest absolute Gasteiger partial charge is 0.315 e. The Labute approximate surface area is 94.4 Å². The zero-order valence-corrected chi connectivity index (χ0v) is 10.4. The quantitative estimate of drug-likeness (QED) is 0.769. The molecule has 2 aliphatic rings. The van der Waals surface area contributed by atoms with Gasteiger partial charge in [-0.1, -0.05) is 19.3 Å². The molecule has 0 amide bonds. The van der Waals surface area contributed by atoms with Gasteiger partial charge in [-0.2, -0.15) is 0 Å². The molecule has 88 valence electrons. The number of nitrogens with one attached hydrogen (secondary N) is 1. The lowest BCUT2D eigenvalue weighted by molar-refractivity contribution is 0.0443. The third kappa shape index (κ3) is 2.07. The smallest absolute Gasteiger partial charge is 0.0359 e. The minimum atomic E-state index is 0.495. The fourth-order valence-electron chi connectivity index (χ4n) is 3.62. The lowest BCUT2D eigenvalue weighted by atomic mass is 9.85. The third-order valence-corrected chi connectivity index (χ3v) is 4.69. The second kappa shape index (κ2) is 4.84. The van der Waals surface area contributed by atoms with E-state index in [0.717, 1.165) is 0 Å². The number of hydrogen-bond donors (Lipinski definition) is 1. The summed E-state index contributed by atoms with van der Waals surface area (Å²) in [6.07, 6.45) is 9.96. The minimum Gasteiger partial charge on any atom is -0.315 e. The van der Waals surface area contributed by atoms with E-state index in [1.807, 2.05) is 0 Å². The van der Waals surface area contributed by atoms with E-state index in [0.29, 0.717) is 11.6 Å². The number of piperidine rings is 1. The van der Waals surface area contributed by atoms with Crippen molar-refractivity contribution in [3.63, 3.8) is 0 Å². The molecule has 1 N–H and O–H groups in total. The number of nitrogens with zero attached hydrogens (tertiary/aromatic N) is 1. The van der Waals surface area contributed by atoms with Crippen LogP contribution in [0.15, 0.2) is 0 Å². The van der Waals surface area contributed by atoms with E-state index in [1.165, 1.54) is 58.0 Å². The van der Waals surface area contributed by atoms with E-state index < -0.39 is 0 Å². The molecule has 2 fully saturated rings. The number of likely N-dealkylation sites (tertiary alicyclic amines) is 1. The van der Waals surface area contributed by atoms with Gasteiger partial charge in [-0.3, -0.25) is 4.90 Å². The second-order valence-corrected chi connectivity index (χ2v) is 5.37. The van der Waals surface area contributed by atoms with Crippen LogP contribution in [0.1, 0.15) is 51.9 Å². The zero-order valence-electron chi connectivity index (χ0n) is 10.4. The molecule has 0 spiro atoms. The summed E-state index contributed by atoms with van der Waals surface area (Å²) < 4.78 is 0. The van der Waals surface area contributed by atoms with E-state index in [4.69, 9.17) is 0 Å². The first-order valence-corrected chi connectivity index (χ1v) is 6.72. The average Bonchev–Trinajstić information content (AvgIpc) is 2.79. The Kier molecular flexibility index (Phi) is 3.68. The van der Waals surface area contributed by atoms with Crippen molar-refractivity contribution in [3.05, 3.63) is 0 Å². The maximum absolute atomic E-state index is 3.50. The fraction of sp³-hybridized carbons (Fsp3) is 1.00. The van der Waals surface area contributed by atoms with E-state index in [2.05, 4.69) is 24.2 Å². The highest BCUT2D eigenvalue weighted by atomic mass is 15.2. The summed E-state index contributed by atoms with van der Waals surface area (Å²) in [5.74, 6) is 0. The Morgan fingerprint density at radius 1 is 1.00 bits per heavy atom. The summed E-state index contributed by atoms with van der Waals surface area (Å²) in [6.45, 7) is 5.05. The monoisotopic (exact) mass is 210 g/mol. The van der Waals surface area contributed by atoms with Crippen LogP contribution in [0.25, 0.3) is 0 Å². The molecule has 0 radical (unpaired) electrons. The molecule has 2 heteroatoms. The van der Waals surface area contributed by atoms with E-state index >= 15 is 0 Å². The van der Waals surface area contributed by atoms with Crippen molar-refractivity contribution in [1.29, 1.82) is 0 Å². The molecule has 0 aromatic rings. The molecule has 1 atom stereocenters. The molecule has 1 saturated heterocycles. The van der Waals surface area contributed by atoms with Gasteiger partial charge >= 0.3 is 0 Å². The molecule has 0 aromatic carbocycles. The summed E-state index contributed by atoms with van der Waals surface area (Å²) in [5, 5.41) is 3.50. The van der Waals surface area contributed by atoms with Gasteiger partial charge in [0.1, 0.15) is 0 Å². The Bertz CT molecular complexity index is 191. The first-order chi connectivity index (χ1) is 7.29. The van der Waals surface area contributed by atoms with Crippen LogP contribution in [0.3, 0.4) is 0 Å². The maximum Gasteiger partial charge on any atom is 0.0359 e. The Balaban J connectivity index is 2.09. The third-order valence-electron chi connectivity index (χ3n) is 4.69. The van der Waals surface area contributed by atoms with Gasteiger partial charge < -0.3 is 5.32 Å². The van der Waals surface area contributed by atoms with Crippen molar-refractivity contribution in [2.75, 3.05) is 20.1 Å². The molecule has 1 aliphatic carbocycles. The van der Waals surface area contributed by atoms with Gasteiger partial charge in [-0.25, -0.2) is 0 Å². The van der Waals surface area contributed by atoms with Gasteiger partial charge in [-0.15, -0.1) is 0 Å². The maximum atomic E-state index is 3.50. The Morgan fingerprint density at radius 3 is 2.13 bits per heavy atom. The van der Waals surface area contributed by atoms with Gasteiger partial charge in [0.25, 0.3) is 0 Å². The Morgan fingerprint density at radius 2 is 1.60 bits per heavy atom. The van der Waals surface area contributed by atoms with Crippen LogP contribution in [0, 0.1) is 0 Å². The average molecular weight is 210 g/mol. The topological polar surface area (TPSA) is 15.3 Å².